The van der Waals surface area contributed by atoms with Gasteiger partial charge in [0.1, 0.15) is 0 Å². The Kier molecular flexibility index (Phi) is 103. The minimum absolute atomic E-state index is 0.878. The molecular formula is C10H30S9. The predicted octanol–water partition coefficient (Wildman–Crippen LogP) is 4.36. The maximum absolute atomic E-state index is 3.84. The third-order valence-corrected chi connectivity index (χ3v) is 3.60. The normalized spacial score (nSPS) is 7.26. The van der Waals surface area contributed by atoms with Gasteiger partial charge in [-0.15, -0.1) is 0 Å². The molecule has 0 saturated heterocycles. The molecule has 0 unspecified atom stereocenters. The van der Waals surface area contributed by atoms with Crippen LogP contribution in [0.15, 0.2) is 0 Å². The molecule has 0 aliphatic heterocycles. The summed E-state index contributed by atoms with van der Waals surface area (Å²) in [5.41, 5.74) is 0. The van der Waals surface area contributed by atoms with Crippen LogP contribution in [0.1, 0.15) is 0 Å². The summed E-state index contributed by atoms with van der Waals surface area (Å²) in [5.74, 6) is 7.02. The van der Waals surface area contributed by atoms with Crippen LogP contribution in [0, 0.1) is 0 Å². The van der Waals surface area contributed by atoms with E-state index in [9.17, 15) is 0 Å². The molecule has 0 aliphatic rings. The standard InChI is InChI=1S/4C2H6S2.C2H6S/c4*3-1-2-4;1-3-2/h4*3-4H,1-2H2;1-2H3. The Hall–Kier alpha value is 3.15. The Morgan fingerprint density at radius 3 is 0.474 bits per heavy atom. The minimum Gasteiger partial charge on any atom is -0.179 e. The van der Waals surface area contributed by atoms with Crippen LogP contribution in [-0.2, 0) is 0 Å². The summed E-state index contributed by atoms with van der Waals surface area (Å²) >= 11 is 32.5. The van der Waals surface area contributed by atoms with Crippen molar-refractivity contribution >= 4 is 113 Å². The van der Waals surface area contributed by atoms with Gasteiger partial charge >= 0.3 is 0 Å². The second kappa shape index (κ2) is 58.2. The van der Waals surface area contributed by atoms with Crippen LogP contribution in [0.4, 0.5) is 0 Å². The van der Waals surface area contributed by atoms with Gasteiger partial charge in [-0.05, 0) is 58.5 Å². The van der Waals surface area contributed by atoms with Crippen LogP contribution in [0.3, 0.4) is 0 Å². The molecule has 0 saturated carbocycles. The molecule has 124 valence electrons. The van der Waals surface area contributed by atoms with Crippen molar-refractivity contribution in [2.75, 3.05) is 58.5 Å². The third kappa shape index (κ3) is 152. The van der Waals surface area contributed by atoms with Gasteiger partial charge in [0.05, 0.1) is 0 Å². The summed E-state index contributed by atoms with van der Waals surface area (Å²) in [4.78, 5) is 0. The first-order valence-electron chi connectivity index (χ1n) is 5.35. The van der Waals surface area contributed by atoms with Crippen molar-refractivity contribution in [1.82, 2.24) is 0 Å². The molecule has 0 rings (SSSR count). The number of rotatable bonds is 4. The Bertz CT molecular complexity index is 52.0. The zero-order valence-corrected chi connectivity index (χ0v) is 19.6. The summed E-state index contributed by atoms with van der Waals surface area (Å²) in [6.07, 6.45) is 4.08. The summed E-state index contributed by atoms with van der Waals surface area (Å²) in [5, 5.41) is 0. The Labute approximate surface area is 169 Å². The minimum atomic E-state index is 0.878. The molecule has 0 spiro atoms. The average molecular weight is 439 g/mol. The van der Waals surface area contributed by atoms with Gasteiger partial charge < -0.3 is 0 Å². The number of hydrogen-bond acceptors (Lipinski definition) is 9. The van der Waals surface area contributed by atoms with E-state index in [4.69, 9.17) is 0 Å². The van der Waals surface area contributed by atoms with Gasteiger partial charge in [0.25, 0.3) is 0 Å². The monoisotopic (exact) mass is 438 g/mol. The van der Waals surface area contributed by atoms with E-state index in [2.05, 4.69) is 101 Å². The Morgan fingerprint density at radius 2 is 0.474 bits per heavy atom. The Morgan fingerprint density at radius 1 is 0.421 bits per heavy atom. The quantitative estimate of drug-likeness (QED) is 0.302. The lowest BCUT2D eigenvalue weighted by Gasteiger charge is -1.67. The smallest absolute Gasteiger partial charge is 0.000932 e. The van der Waals surface area contributed by atoms with Crippen molar-refractivity contribution in [2.45, 2.75) is 0 Å². The lowest BCUT2D eigenvalue weighted by atomic mass is 11.0. The lowest BCUT2D eigenvalue weighted by Crippen LogP contribution is -1.64. The third-order valence-electron chi connectivity index (χ3n) is 0.400. The van der Waals surface area contributed by atoms with E-state index in [1.165, 1.54) is 0 Å². The maximum atomic E-state index is 3.84. The highest BCUT2D eigenvalue weighted by Crippen LogP contribution is 1.74. The van der Waals surface area contributed by atoms with Crippen molar-refractivity contribution in [3.05, 3.63) is 0 Å². The van der Waals surface area contributed by atoms with Gasteiger partial charge in [-0.3, -0.25) is 0 Å². The van der Waals surface area contributed by atoms with E-state index in [-0.39, 0.29) is 0 Å². The highest BCUT2D eigenvalue weighted by atomic mass is 32.2. The Balaban J connectivity index is -0.0000000432. The molecule has 0 nitrogen and oxygen atoms in total. The van der Waals surface area contributed by atoms with Gasteiger partial charge in [0.2, 0.25) is 0 Å². The average Bonchev–Trinajstić information content (AvgIpc) is 2.48. The molecule has 0 aromatic rings. The topological polar surface area (TPSA) is 0 Å². The lowest BCUT2D eigenvalue weighted by molar-refractivity contribution is 1.59. The number of thiol groups is 8. The zero-order chi connectivity index (χ0) is 16.4. The second-order valence-corrected chi connectivity index (χ2v) is 6.59. The summed E-state index contributed by atoms with van der Waals surface area (Å²) < 4.78 is 0. The number of hydrogen-bond donors (Lipinski definition) is 8. The molecule has 0 aromatic heterocycles. The van der Waals surface area contributed by atoms with Crippen molar-refractivity contribution in [2.24, 2.45) is 0 Å². The maximum Gasteiger partial charge on any atom is -0.000932 e. The first-order chi connectivity index (χ1) is 9.07. The molecule has 0 amide bonds. The molecule has 0 fully saturated rings. The van der Waals surface area contributed by atoms with Gasteiger partial charge in [-0.2, -0.15) is 113 Å². The fourth-order valence-electron chi connectivity index (χ4n) is 0. The van der Waals surface area contributed by atoms with Crippen molar-refractivity contribution in [3.8, 4) is 0 Å². The number of thioether (sulfide) groups is 1. The molecule has 0 atom stereocenters. The van der Waals surface area contributed by atoms with E-state index >= 15 is 0 Å². The van der Waals surface area contributed by atoms with Crippen molar-refractivity contribution in [1.29, 1.82) is 0 Å². The molecule has 0 radical (unpaired) electrons. The van der Waals surface area contributed by atoms with Crippen LogP contribution < -0.4 is 0 Å². The SMILES string of the molecule is CSC.SCCS.SCCS.SCCS.SCCS. The van der Waals surface area contributed by atoms with Crippen LogP contribution in [-0.4, -0.2) is 58.5 Å². The van der Waals surface area contributed by atoms with E-state index in [0.29, 0.717) is 0 Å². The summed E-state index contributed by atoms with van der Waals surface area (Å²) in [6.45, 7) is 0. The van der Waals surface area contributed by atoms with Gasteiger partial charge in [-0.25, -0.2) is 0 Å². The van der Waals surface area contributed by atoms with E-state index < -0.39 is 0 Å². The largest absolute Gasteiger partial charge is 0.179 e. The fourth-order valence-corrected chi connectivity index (χ4v) is 0. The van der Waals surface area contributed by atoms with Gasteiger partial charge in [0, 0.05) is 0 Å². The van der Waals surface area contributed by atoms with Gasteiger partial charge in [0.15, 0.2) is 0 Å². The second-order valence-electron chi connectivity index (χ2n) is 2.20. The van der Waals surface area contributed by atoms with Gasteiger partial charge in [-0.1, -0.05) is 0 Å². The fraction of sp³-hybridized carbons (Fsp3) is 1.00. The van der Waals surface area contributed by atoms with Crippen molar-refractivity contribution in [3.63, 3.8) is 0 Å². The summed E-state index contributed by atoms with van der Waals surface area (Å²) in [7, 11) is 0. The van der Waals surface area contributed by atoms with Crippen LogP contribution >= 0.6 is 113 Å². The highest BCUT2D eigenvalue weighted by molar-refractivity contribution is 7.97. The van der Waals surface area contributed by atoms with Crippen LogP contribution in [0.25, 0.3) is 0 Å². The summed E-state index contributed by atoms with van der Waals surface area (Å²) in [6, 6.07) is 0. The molecule has 0 aliphatic carbocycles. The zero-order valence-electron chi connectivity index (χ0n) is 11.6. The molecule has 0 bridgehead atoms. The molecule has 9 heteroatoms. The van der Waals surface area contributed by atoms with Crippen LogP contribution in [0.5, 0.6) is 0 Å². The van der Waals surface area contributed by atoms with Crippen LogP contribution in [0.2, 0.25) is 0 Å². The van der Waals surface area contributed by atoms with E-state index in [1.807, 2.05) is 12.5 Å². The molecule has 0 heterocycles. The molecule has 19 heavy (non-hydrogen) atoms. The predicted molar refractivity (Wildman–Crippen MR) is 130 cm³/mol. The first kappa shape index (κ1) is 33.7. The van der Waals surface area contributed by atoms with Crippen molar-refractivity contribution < 1.29 is 0 Å². The molecule has 0 aromatic carbocycles. The molecular weight excluding hydrogens is 409 g/mol. The molecule has 0 N–H and O–H groups in total. The highest BCUT2D eigenvalue weighted by Gasteiger charge is 1.58. The van der Waals surface area contributed by atoms with E-state index in [1.54, 1.807) is 11.8 Å². The first-order valence-corrected chi connectivity index (χ1v) is 12.0. The van der Waals surface area contributed by atoms with E-state index in [0.717, 1.165) is 46.0 Å².